The number of amides is 1. The molecule has 0 saturated carbocycles. The fourth-order valence-electron chi connectivity index (χ4n) is 5.42. The van der Waals surface area contributed by atoms with Gasteiger partial charge in [-0.2, -0.15) is 10.5 Å². The van der Waals surface area contributed by atoms with Crippen LogP contribution in [0.15, 0.2) is 72.0 Å². The molecular formula is C32H23Cl2N9O2. The second-order valence-electron chi connectivity index (χ2n) is 10.6. The van der Waals surface area contributed by atoms with Crippen LogP contribution < -0.4 is 10.9 Å². The monoisotopic (exact) mass is 635 g/mol. The van der Waals surface area contributed by atoms with Crippen LogP contribution in [0.4, 0.5) is 5.69 Å². The van der Waals surface area contributed by atoms with E-state index >= 15 is 0 Å². The number of nitrogens with zero attached hydrogens (tertiary/aromatic N) is 8. The molecule has 0 unspecified atom stereocenters. The Morgan fingerprint density at radius 3 is 2.49 bits per heavy atom. The lowest BCUT2D eigenvalue weighted by Crippen LogP contribution is -2.27. The molecule has 0 aliphatic carbocycles. The van der Waals surface area contributed by atoms with Gasteiger partial charge in [-0.05, 0) is 60.9 Å². The predicted octanol–water partition coefficient (Wildman–Crippen LogP) is 5.95. The van der Waals surface area contributed by atoms with Crippen LogP contribution in [0.3, 0.4) is 0 Å². The van der Waals surface area contributed by atoms with Crippen molar-refractivity contribution in [2.24, 2.45) is 5.92 Å². The van der Waals surface area contributed by atoms with Crippen molar-refractivity contribution in [3.63, 3.8) is 0 Å². The van der Waals surface area contributed by atoms with Crippen molar-refractivity contribution < 1.29 is 4.79 Å². The number of hydrogen-bond donors (Lipinski definition) is 1. The summed E-state index contributed by atoms with van der Waals surface area (Å²) < 4.78 is 3.01. The molecule has 11 nitrogen and oxygen atoms in total. The van der Waals surface area contributed by atoms with Crippen LogP contribution in [0, 0.1) is 28.6 Å². The van der Waals surface area contributed by atoms with Crippen LogP contribution in [-0.4, -0.2) is 35.4 Å². The van der Waals surface area contributed by atoms with Crippen molar-refractivity contribution in [3.05, 3.63) is 105 Å². The number of nitriles is 2. The highest BCUT2D eigenvalue weighted by molar-refractivity contribution is 6.31. The number of carbonyl (C=O) groups excluding carboxylic acids is 1. The summed E-state index contributed by atoms with van der Waals surface area (Å²) in [6.45, 7) is 1.83. The Kier molecular flexibility index (Phi) is 8.14. The minimum atomic E-state index is -0.501. The zero-order chi connectivity index (χ0) is 31.7. The third kappa shape index (κ3) is 5.92. The molecule has 0 saturated heterocycles. The maximum Gasteiger partial charge on any atom is 0.254 e. The number of carbonyl (C=O) groups is 1. The van der Waals surface area contributed by atoms with Crippen molar-refractivity contribution in [1.82, 2.24) is 29.5 Å². The second-order valence-corrected chi connectivity index (χ2v) is 11.5. The molecule has 6 rings (SSSR count). The first-order chi connectivity index (χ1) is 21.7. The second kappa shape index (κ2) is 12.3. The molecule has 13 heteroatoms. The molecule has 0 spiro atoms. The number of benzene rings is 2. The molecular weight excluding hydrogens is 613 g/mol. The maximum absolute atomic E-state index is 13.8. The summed E-state index contributed by atoms with van der Waals surface area (Å²) in [6.07, 6.45) is 6.33. The maximum atomic E-state index is 13.8. The van der Waals surface area contributed by atoms with Gasteiger partial charge in [0.2, 0.25) is 5.91 Å². The fourth-order valence-corrected chi connectivity index (χ4v) is 5.72. The Hall–Kier alpha value is -5.36. The number of aromatic nitrogens is 6. The van der Waals surface area contributed by atoms with Crippen LogP contribution in [-0.2, 0) is 4.79 Å². The molecule has 1 N–H and O–H groups in total. The van der Waals surface area contributed by atoms with Gasteiger partial charge in [-0.3, -0.25) is 19.1 Å². The van der Waals surface area contributed by atoms with E-state index in [1.54, 1.807) is 42.7 Å². The average molecular weight is 637 g/mol. The van der Waals surface area contributed by atoms with E-state index < -0.39 is 6.04 Å². The number of pyridine rings is 1. The van der Waals surface area contributed by atoms with Gasteiger partial charge < -0.3 is 5.32 Å². The van der Waals surface area contributed by atoms with Gasteiger partial charge in [0.1, 0.15) is 12.1 Å². The predicted molar refractivity (Wildman–Crippen MR) is 168 cm³/mol. The highest BCUT2D eigenvalue weighted by Gasteiger charge is 2.24. The van der Waals surface area contributed by atoms with Gasteiger partial charge in [0.05, 0.1) is 46.8 Å². The third-order valence-electron chi connectivity index (χ3n) is 7.77. The van der Waals surface area contributed by atoms with Crippen molar-refractivity contribution in [2.75, 3.05) is 5.32 Å². The Morgan fingerprint density at radius 1 is 0.956 bits per heavy atom. The molecule has 1 aliphatic heterocycles. The molecule has 222 valence electrons. The van der Waals surface area contributed by atoms with Gasteiger partial charge in [-0.25, -0.2) is 9.67 Å². The number of fused-ring (bicyclic) bond motifs is 4. The largest absolute Gasteiger partial charge is 0.325 e. The number of nitrogens with one attached hydrogen (secondary N) is 1. The van der Waals surface area contributed by atoms with E-state index in [1.807, 2.05) is 19.1 Å². The molecule has 4 heterocycles. The molecule has 2 bridgehead atoms. The van der Waals surface area contributed by atoms with Gasteiger partial charge in [0.25, 0.3) is 5.56 Å². The van der Waals surface area contributed by atoms with E-state index in [4.69, 9.17) is 23.2 Å². The van der Waals surface area contributed by atoms with Crippen molar-refractivity contribution in [1.29, 1.82) is 10.5 Å². The van der Waals surface area contributed by atoms with Gasteiger partial charge in [-0.1, -0.05) is 41.8 Å². The van der Waals surface area contributed by atoms with Gasteiger partial charge in [-0.15, -0.1) is 5.10 Å². The minimum absolute atomic E-state index is 0.163. The van der Waals surface area contributed by atoms with Crippen LogP contribution in [0.1, 0.15) is 49.0 Å². The first kappa shape index (κ1) is 29.7. The highest BCUT2D eigenvalue weighted by Crippen LogP contribution is 2.35. The number of rotatable bonds is 3. The molecule has 2 atom stereocenters. The molecule has 1 amide bonds. The van der Waals surface area contributed by atoms with Crippen molar-refractivity contribution >= 4 is 34.8 Å². The number of anilines is 1. The minimum Gasteiger partial charge on any atom is -0.325 e. The molecule has 5 aromatic rings. The molecule has 0 fully saturated rings. The van der Waals surface area contributed by atoms with Gasteiger partial charge in [0, 0.05) is 40.0 Å². The third-order valence-corrected chi connectivity index (χ3v) is 8.18. The van der Waals surface area contributed by atoms with Crippen LogP contribution in [0.2, 0.25) is 10.2 Å². The summed E-state index contributed by atoms with van der Waals surface area (Å²) in [6, 6.07) is 16.9. The highest BCUT2D eigenvalue weighted by atomic mass is 35.5. The molecule has 1 aliphatic rings. The summed E-state index contributed by atoms with van der Waals surface area (Å²) in [5.41, 5.74) is 3.83. The Bertz CT molecular complexity index is 2110. The van der Waals surface area contributed by atoms with E-state index in [9.17, 15) is 20.1 Å². The van der Waals surface area contributed by atoms with E-state index in [-0.39, 0.29) is 33.7 Å². The molecule has 0 radical (unpaired) electrons. The first-order valence-electron chi connectivity index (χ1n) is 14.0. The molecule has 45 heavy (non-hydrogen) atoms. The van der Waals surface area contributed by atoms with Crippen LogP contribution in [0.25, 0.3) is 28.1 Å². The summed E-state index contributed by atoms with van der Waals surface area (Å²) in [7, 11) is 0. The summed E-state index contributed by atoms with van der Waals surface area (Å²) in [5.74, 6) is -0.556. The van der Waals surface area contributed by atoms with Gasteiger partial charge in [0.15, 0.2) is 5.15 Å². The topological polar surface area (TPSA) is 155 Å². The zero-order valence-corrected chi connectivity index (χ0v) is 25.3. The Morgan fingerprint density at radius 2 is 1.76 bits per heavy atom. The lowest BCUT2D eigenvalue weighted by Gasteiger charge is -2.23. The molecule has 3 aromatic heterocycles. The Labute approximate surface area is 267 Å². The van der Waals surface area contributed by atoms with E-state index in [0.29, 0.717) is 63.7 Å². The average Bonchev–Trinajstić information content (AvgIpc) is 3.48. The summed E-state index contributed by atoms with van der Waals surface area (Å²) >= 11 is 12.3. The van der Waals surface area contributed by atoms with Crippen molar-refractivity contribution in [3.8, 4) is 40.2 Å². The van der Waals surface area contributed by atoms with Crippen molar-refractivity contribution in [2.45, 2.75) is 32.2 Å². The van der Waals surface area contributed by atoms with E-state index in [0.717, 1.165) is 0 Å². The van der Waals surface area contributed by atoms with Crippen LogP contribution in [0.5, 0.6) is 0 Å². The zero-order valence-electron chi connectivity index (χ0n) is 23.8. The van der Waals surface area contributed by atoms with E-state index in [1.165, 1.54) is 27.7 Å². The first-order valence-corrected chi connectivity index (χ1v) is 14.7. The lowest BCUT2D eigenvalue weighted by atomic mass is 9.93. The summed E-state index contributed by atoms with van der Waals surface area (Å²) in [4.78, 5) is 36.2. The molecule has 2 aromatic carbocycles. The standard InChI is InChI=1S/C32H23Cl2N9O2/c1-18-3-2-4-29(27-10-19(7-8-37-27)23-9-20(14-35)21(15-36)11-26(23)39-32(18)45)42-17-38-25(13-31(42)44)24-12-22(33)5-6-28(24)43-16-30(34)40-41-43/h5-13,16-18,29H,2-4H2,1H3,(H,39,45)/t18-,29+/m1/s1. The lowest BCUT2D eigenvalue weighted by molar-refractivity contribution is -0.119. The number of halogens is 2. The number of hydrogen-bond acceptors (Lipinski definition) is 8. The quantitative estimate of drug-likeness (QED) is 0.255. The SMILES string of the molecule is C[C@@H]1CCC[C@H](n2cnc(-c3cc(Cl)ccc3-n3cc(Cl)nn3)cc2=O)c2cc(ccn2)-c2cc(C#N)c(C#N)cc2NC1=O. The fraction of sp³-hybridized carbons (Fsp3) is 0.188. The van der Waals surface area contributed by atoms with Crippen LogP contribution >= 0.6 is 23.2 Å². The Balaban J connectivity index is 1.46. The smallest absolute Gasteiger partial charge is 0.254 e. The summed E-state index contributed by atoms with van der Waals surface area (Å²) in [5, 5.41) is 30.8. The van der Waals surface area contributed by atoms with E-state index in [2.05, 4.69) is 31.7 Å². The normalized spacial score (nSPS) is 16.3. The van der Waals surface area contributed by atoms with Gasteiger partial charge >= 0.3 is 0 Å².